The van der Waals surface area contributed by atoms with E-state index in [-0.39, 0.29) is 34.6 Å². The van der Waals surface area contributed by atoms with Crippen LogP contribution in [0.15, 0.2) is 224 Å². The van der Waals surface area contributed by atoms with Crippen LogP contribution < -0.4 is 14.2 Å². The van der Waals surface area contributed by atoms with Gasteiger partial charge in [0.2, 0.25) is 11.8 Å². The fourth-order valence-electron chi connectivity index (χ4n) is 11.5. The van der Waals surface area contributed by atoms with Gasteiger partial charge in [-0.2, -0.15) is 0 Å². The molecule has 1 fully saturated rings. The molecule has 6 heterocycles. The maximum atomic E-state index is 13.7. The summed E-state index contributed by atoms with van der Waals surface area (Å²) in [5.41, 5.74) is 8.69. The number of halogens is 1. The number of hydrogen-bond acceptors (Lipinski definition) is 16. The average molecular weight is 1420 g/mol. The molecule has 0 bridgehead atoms. The monoisotopic (exact) mass is 1420 g/mol. The Hall–Kier alpha value is -12.0. The number of imidazole rings is 2. The molecule has 0 spiro atoms. The Morgan fingerprint density at radius 2 is 0.961 bits per heavy atom. The summed E-state index contributed by atoms with van der Waals surface area (Å²) in [4.78, 5) is 11.4. The van der Waals surface area contributed by atoms with Crippen LogP contribution >= 0.6 is 34.0 Å². The van der Waals surface area contributed by atoms with Gasteiger partial charge in [-0.05, 0) is 241 Å². The van der Waals surface area contributed by atoms with E-state index in [0.29, 0.717) is 23.3 Å². The highest BCUT2D eigenvalue weighted by atomic mass is 32.1. The summed E-state index contributed by atoms with van der Waals surface area (Å²) in [6.07, 6.45) is 23.9. The van der Waals surface area contributed by atoms with Gasteiger partial charge in [0.25, 0.3) is 0 Å². The third-order valence-corrected chi connectivity index (χ3v) is 20.4. The molecule has 0 aliphatic heterocycles. The van der Waals surface area contributed by atoms with E-state index in [4.69, 9.17) is 18.6 Å². The van der Waals surface area contributed by atoms with Crippen LogP contribution in [0.4, 0.5) is 4.39 Å². The van der Waals surface area contributed by atoms with Crippen LogP contribution in [0, 0.1) is 12.7 Å². The van der Waals surface area contributed by atoms with Crippen LogP contribution in [-0.2, 0) is 13.1 Å². The summed E-state index contributed by atoms with van der Waals surface area (Å²) < 4.78 is 45.5. The van der Waals surface area contributed by atoms with Crippen LogP contribution in [-0.4, -0.2) is 54.8 Å². The van der Waals surface area contributed by atoms with Crippen molar-refractivity contribution in [1.82, 2.24) is 29.3 Å². The summed E-state index contributed by atoms with van der Waals surface area (Å²) in [6, 6.07) is 58.1. The molecule has 1 aliphatic rings. The van der Waals surface area contributed by atoms with E-state index in [1.165, 1.54) is 23.5 Å². The van der Waals surface area contributed by atoms with Gasteiger partial charge in [0.05, 0.1) is 44.9 Å². The first-order valence-corrected chi connectivity index (χ1v) is 36.0. The molecule has 0 saturated heterocycles. The molecule has 6 aromatic heterocycles. The Kier molecular flexibility index (Phi) is 20.4. The van der Waals surface area contributed by atoms with Crippen LogP contribution in [0.25, 0.3) is 98.0 Å². The smallest absolute Gasteiger partial charge is 0.240 e. The van der Waals surface area contributed by atoms with Crippen molar-refractivity contribution in [2.24, 2.45) is 0 Å². The van der Waals surface area contributed by atoms with E-state index < -0.39 is 0 Å². The standard InChI is InChI=1S/C28H21FN2O3S.2C28H24N2O3S/c1-16-14-19(29)7-11-22(16)27-26(23-12-8-20(32)15-24(23)35-27)33-21-9-2-17(3-10-21)4-13-25-30-31-28(34-25)18-5-6-18;1-2-15-30-17-21(29-18-30)8-3-19-4-12-24(13-5-19)33-27-25-14-11-23(32)16-26(25)34-28(27)20-6-9-22(31)10-7-20;1-2-15-30-18-29-17-21(30)8-3-19-4-12-24(13-5-19)33-27-25-14-11-23(32)16-26(25)34-28(27)20-6-9-22(31)10-7-20/h2-4,7-15,18,32H,5-6H2,1H3;2*3-14,16-18,31-32H,2,15H2,1H3/b13-4+;2*8-3+. The SMILES string of the molecule is CCCn1cnc(/C=C/c2ccc(Oc3c(-c4ccc(O)cc4)sc4cc(O)ccc34)cc2)c1.CCCn1cncc1/C=C/c1ccc(Oc2c(-c3ccc(O)cc3)sc3cc(O)ccc23)cc1.Cc1cc(F)ccc1-c1sc2cc(O)ccc2c1Oc1ccc(/C=C/c2nnc(C3CC3)o2)cc1. The van der Waals surface area contributed by atoms with Crippen molar-refractivity contribution in [2.45, 2.75) is 65.5 Å². The Labute approximate surface area is 605 Å². The number of aromatic hydroxyl groups is 5. The molecule has 9 aromatic carbocycles. The number of phenols is 5. The molecule has 0 atom stereocenters. The third-order valence-electron chi connectivity index (χ3n) is 16.9. The summed E-state index contributed by atoms with van der Waals surface area (Å²) in [5, 5.41) is 60.1. The first kappa shape index (κ1) is 68.1. The molecule has 514 valence electrons. The largest absolute Gasteiger partial charge is 0.508 e. The van der Waals surface area contributed by atoms with E-state index in [1.807, 2.05) is 172 Å². The minimum Gasteiger partial charge on any atom is -0.508 e. The van der Waals surface area contributed by atoms with Crippen molar-refractivity contribution < 1.29 is 48.6 Å². The van der Waals surface area contributed by atoms with Gasteiger partial charge in [-0.15, -0.1) is 44.2 Å². The zero-order valence-electron chi connectivity index (χ0n) is 56.2. The number of thiophene rings is 3. The van der Waals surface area contributed by atoms with E-state index in [9.17, 15) is 29.9 Å². The molecule has 0 radical (unpaired) electrons. The van der Waals surface area contributed by atoms with Crippen molar-refractivity contribution in [3.8, 4) is 94.6 Å². The molecule has 19 heteroatoms. The zero-order valence-corrected chi connectivity index (χ0v) is 58.7. The number of nitrogens with zero attached hydrogens (tertiary/aromatic N) is 6. The molecular formula is C84H69FN6O9S3. The lowest BCUT2D eigenvalue weighted by molar-refractivity contribution is 0.474. The molecule has 15 aromatic rings. The number of rotatable bonds is 20. The molecule has 1 saturated carbocycles. The summed E-state index contributed by atoms with van der Waals surface area (Å²) in [5.74, 6) is 6.68. The number of phenolic OH excluding ortho intramolecular Hbond substituents is 5. The summed E-state index contributed by atoms with van der Waals surface area (Å²) >= 11 is 4.59. The molecule has 0 amide bonds. The van der Waals surface area contributed by atoms with Gasteiger partial charge >= 0.3 is 0 Å². The molecule has 103 heavy (non-hydrogen) atoms. The van der Waals surface area contributed by atoms with E-state index in [1.54, 1.807) is 89.4 Å². The molecule has 15 nitrogen and oxygen atoms in total. The maximum absolute atomic E-state index is 13.7. The Morgan fingerprint density at radius 3 is 1.45 bits per heavy atom. The van der Waals surface area contributed by atoms with Crippen LogP contribution in [0.2, 0.25) is 0 Å². The van der Waals surface area contributed by atoms with Crippen LogP contribution in [0.3, 0.4) is 0 Å². The van der Waals surface area contributed by atoms with Gasteiger partial charge in [0.1, 0.15) is 51.8 Å². The lowest BCUT2D eigenvalue weighted by atomic mass is 10.1. The van der Waals surface area contributed by atoms with Gasteiger partial charge in [-0.1, -0.05) is 68.5 Å². The topological polar surface area (TPSA) is 203 Å². The number of benzene rings is 9. The van der Waals surface area contributed by atoms with E-state index in [2.05, 4.69) is 55.3 Å². The Morgan fingerprint density at radius 1 is 0.495 bits per heavy atom. The van der Waals surface area contributed by atoms with Gasteiger partial charge in [0.15, 0.2) is 17.2 Å². The predicted molar refractivity (Wildman–Crippen MR) is 412 cm³/mol. The third kappa shape index (κ3) is 16.4. The Bertz CT molecular complexity index is 5550. The number of aromatic nitrogens is 6. The second-order valence-electron chi connectivity index (χ2n) is 24.7. The maximum Gasteiger partial charge on any atom is 0.240 e. The molecular weight excluding hydrogens is 1350 g/mol. The zero-order chi connectivity index (χ0) is 70.9. The van der Waals surface area contributed by atoms with Gasteiger partial charge < -0.3 is 53.3 Å². The van der Waals surface area contributed by atoms with Crippen molar-refractivity contribution in [3.05, 3.63) is 270 Å². The minimum atomic E-state index is -0.277. The first-order valence-electron chi connectivity index (χ1n) is 33.6. The van der Waals surface area contributed by atoms with Crippen molar-refractivity contribution in [1.29, 1.82) is 0 Å². The van der Waals surface area contributed by atoms with E-state index in [0.717, 1.165) is 163 Å². The van der Waals surface area contributed by atoms with Crippen LogP contribution in [0.1, 0.15) is 90.9 Å². The van der Waals surface area contributed by atoms with Crippen molar-refractivity contribution in [2.75, 3.05) is 0 Å². The highest BCUT2D eigenvalue weighted by molar-refractivity contribution is 7.23. The number of aryl methyl sites for hydroxylation is 3. The van der Waals surface area contributed by atoms with Crippen LogP contribution in [0.5, 0.6) is 63.2 Å². The summed E-state index contributed by atoms with van der Waals surface area (Å²) in [7, 11) is 0. The van der Waals surface area contributed by atoms with Gasteiger partial charge in [0, 0.05) is 61.5 Å². The molecule has 0 unspecified atom stereocenters. The number of ether oxygens (including phenoxy) is 3. The highest BCUT2D eigenvalue weighted by Gasteiger charge is 2.29. The number of hydrogen-bond donors (Lipinski definition) is 5. The molecule has 16 rings (SSSR count). The van der Waals surface area contributed by atoms with E-state index >= 15 is 0 Å². The molecule has 1 aliphatic carbocycles. The predicted octanol–water partition coefficient (Wildman–Crippen LogP) is 23.0. The highest BCUT2D eigenvalue weighted by Crippen LogP contribution is 2.51. The fourth-order valence-corrected chi connectivity index (χ4v) is 15.1. The normalized spacial score (nSPS) is 12.2. The molecule has 5 N–H and O–H groups in total. The first-order chi connectivity index (χ1) is 50.2. The van der Waals surface area contributed by atoms with Crippen molar-refractivity contribution >= 4 is 101 Å². The van der Waals surface area contributed by atoms with Crippen molar-refractivity contribution in [3.63, 3.8) is 0 Å². The van der Waals surface area contributed by atoms with Gasteiger partial charge in [-0.3, -0.25) is 0 Å². The minimum absolute atomic E-state index is 0.189. The summed E-state index contributed by atoms with van der Waals surface area (Å²) in [6.45, 7) is 8.09. The Balaban J connectivity index is 0.000000131. The fraction of sp³-hybridized carbons (Fsp3) is 0.119. The second-order valence-corrected chi connectivity index (χ2v) is 27.8. The average Bonchev–Trinajstić information content (AvgIpc) is 1.64. The van der Waals surface area contributed by atoms with Gasteiger partial charge in [-0.25, -0.2) is 14.4 Å². The number of fused-ring (bicyclic) bond motifs is 3. The quantitative estimate of drug-likeness (QED) is 0.0483. The lowest BCUT2D eigenvalue weighted by Gasteiger charge is -2.10. The second kappa shape index (κ2) is 30.8. The lowest BCUT2D eigenvalue weighted by Crippen LogP contribution is -1.96.